The van der Waals surface area contributed by atoms with E-state index < -0.39 is 24.9 Å². The van der Waals surface area contributed by atoms with Crippen molar-refractivity contribution >= 4 is 18.9 Å². The second kappa shape index (κ2) is 7.19. The predicted octanol–water partition coefficient (Wildman–Crippen LogP) is 1.54. The van der Waals surface area contributed by atoms with Crippen molar-refractivity contribution in [3.8, 4) is 11.5 Å². The highest BCUT2D eigenvalue weighted by Gasteiger charge is 2.38. The summed E-state index contributed by atoms with van der Waals surface area (Å²) in [5, 5.41) is 28.7. The number of nitrogens with two attached hydrogens (primary N) is 1. The summed E-state index contributed by atoms with van der Waals surface area (Å²) in [6, 6.07) is 9.88. The monoisotopic (exact) mass is 355 g/mol. The third-order valence-corrected chi connectivity index (χ3v) is 4.51. The van der Waals surface area contributed by atoms with Crippen molar-refractivity contribution < 1.29 is 29.5 Å². The van der Waals surface area contributed by atoms with Gasteiger partial charge in [-0.15, -0.1) is 0 Å². The molecule has 134 valence electrons. The molecule has 0 unspecified atom stereocenters. The molecule has 8 heteroatoms. The number of hydrogen-bond acceptors (Lipinski definition) is 6. The minimum Gasteiger partial charge on any atom is -0.535 e. The van der Waals surface area contributed by atoms with Crippen molar-refractivity contribution in [2.24, 2.45) is 5.73 Å². The summed E-state index contributed by atoms with van der Waals surface area (Å²) < 4.78 is 5.39. The lowest BCUT2D eigenvalue weighted by Gasteiger charge is -2.28. The highest BCUT2D eigenvalue weighted by atomic mass is 16.5. The van der Waals surface area contributed by atoms with Crippen LogP contribution in [0.3, 0.4) is 0 Å². The van der Waals surface area contributed by atoms with Gasteiger partial charge in [0.15, 0.2) is 5.78 Å². The summed E-state index contributed by atoms with van der Waals surface area (Å²) in [6.45, 7) is 0. The molecule has 0 saturated heterocycles. The fourth-order valence-corrected chi connectivity index (χ4v) is 3.08. The van der Waals surface area contributed by atoms with E-state index in [1.54, 1.807) is 24.3 Å². The molecule has 2 atom stereocenters. The van der Waals surface area contributed by atoms with Gasteiger partial charge in [-0.1, -0.05) is 24.3 Å². The number of ketones is 1. The first-order valence-corrected chi connectivity index (χ1v) is 8.14. The van der Waals surface area contributed by atoms with E-state index in [4.69, 9.17) is 10.4 Å². The SMILES string of the molecule is N[C@@H](C(=O)C[C@H]1Cc2cccc(C(=O)O)c2OB1O)c1ccc(O)cc1. The van der Waals surface area contributed by atoms with Crippen molar-refractivity contribution in [1.82, 2.24) is 0 Å². The van der Waals surface area contributed by atoms with E-state index in [0.29, 0.717) is 17.5 Å². The van der Waals surface area contributed by atoms with E-state index in [2.05, 4.69) is 0 Å². The Morgan fingerprint density at radius 3 is 2.58 bits per heavy atom. The standard InChI is InChI=1S/C18H18BNO6/c20-16(10-4-6-13(21)7-5-10)15(22)9-12-8-11-2-1-3-14(18(23)24)17(11)26-19(12)25/h1-7,12,16,21,25H,8-9,20H2,(H,23,24)/t12-,16-/m1/s1. The third kappa shape index (κ3) is 3.56. The molecule has 3 rings (SSSR count). The molecule has 0 saturated carbocycles. The molecule has 1 heterocycles. The zero-order valence-electron chi connectivity index (χ0n) is 13.8. The summed E-state index contributed by atoms with van der Waals surface area (Å²) in [5.41, 5.74) is 7.15. The average molecular weight is 355 g/mol. The molecule has 0 fully saturated rings. The zero-order valence-corrected chi connectivity index (χ0v) is 13.8. The number of carbonyl (C=O) groups excluding carboxylic acids is 1. The molecule has 0 aliphatic carbocycles. The molecule has 1 aliphatic heterocycles. The Bertz CT molecular complexity index is 838. The van der Waals surface area contributed by atoms with Crippen molar-refractivity contribution in [3.63, 3.8) is 0 Å². The maximum atomic E-state index is 12.5. The molecule has 7 nitrogen and oxygen atoms in total. The van der Waals surface area contributed by atoms with Crippen LogP contribution in [0.2, 0.25) is 5.82 Å². The molecule has 2 aromatic carbocycles. The quantitative estimate of drug-likeness (QED) is 0.599. The Labute approximate surface area is 150 Å². The first-order chi connectivity index (χ1) is 12.4. The summed E-state index contributed by atoms with van der Waals surface area (Å²) in [5.74, 6) is -1.73. The smallest absolute Gasteiger partial charge is 0.526 e. The number of fused-ring (bicyclic) bond motifs is 1. The number of phenols is 1. The fraction of sp³-hybridized carbons (Fsp3) is 0.222. The van der Waals surface area contributed by atoms with E-state index in [9.17, 15) is 24.8 Å². The van der Waals surface area contributed by atoms with Crippen molar-refractivity contribution in [2.45, 2.75) is 24.7 Å². The Kier molecular flexibility index (Phi) is 4.97. The normalized spacial score (nSPS) is 17.2. The van der Waals surface area contributed by atoms with Crippen LogP contribution in [-0.2, 0) is 11.2 Å². The average Bonchev–Trinajstić information content (AvgIpc) is 2.61. The Morgan fingerprint density at radius 2 is 1.92 bits per heavy atom. The van der Waals surface area contributed by atoms with Gasteiger partial charge in [-0.3, -0.25) is 4.79 Å². The molecule has 0 aromatic heterocycles. The molecule has 0 spiro atoms. The number of phenolic OH excluding ortho intramolecular Hbond substituents is 1. The highest BCUT2D eigenvalue weighted by molar-refractivity contribution is 6.47. The molecular weight excluding hydrogens is 337 g/mol. The van der Waals surface area contributed by atoms with Gasteiger partial charge < -0.3 is 25.6 Å². The van der Waals surface area contributed by atoms with E-state index in [1.165, 1.54) is 18.2 Å². The van der Waals surface area contributed by atoms with Crippen molar-refractivity contribution in [3.05, 3.63) is 59.2 Å². The van der Waals surface area contributed by atoms with Gasteiger partial charge in [-0.05, 0) is 35.7 Å². The lowest BCUT2D eigenvalue weighted by Crippen LogP contribution is -2.37. The third-order valence-electron chi connectivity index (χ3n) is 4.51. The van der Waals surface area contributed by atoms with Crippen LogP contribution >= 0.6 is 0 Å². The first-order valence-electron chi connectivity index (χ1n) is 8.14. The number of hydrogen-bond donors (Lipinski definition) is 4. The van der Waals surface area contributed by atoms with Gasteiger partial charge in [0.05, 0.1) is 11.6 Å². The van der Waals surface area contributed by atoms with Crippen LogP contribution in [0, 0.1) is 0 Å². The predicted molar refractivity (Wildman–Crippen MR) is 94.1 cm³/mol. The summed E-state index contributed by atoms with van der Waals surface area (Å²) in [4.78, 5) is 23.7. The molecule has 0 amide bonds. The highest BCUT2D eigenvalue weighted by Crippen LogP contribution is 2.37. The van der Waals surface area contributed by atoms with Crippen LogP contribution in [0.25, 0.3) is 0 Å². The van der Waals surface area contributed by atoms with Gasteiger partial charge in [0, 0.05) is 12.2 Å². The summed E-state index contributed by atoms with van der Waals surface area (Å²) in [6.07, 6.45) is 0.297. The molecule has 0 radical (unpaired) electrons. The second-order valence-electron chi connectivity index (χ2n) is 6.31. The Morgan fingerprint density at radius 1 is 1.23 bits per heavy atom. The topological polar surface area (TPSA) is 130 Å². The van der Waals surface area contributed by atoms with Crippen LogP contribution in [0.15, 0.2) is 42.5 Å². The number of para-hydroxylation sites is 1. The molecule has 0 bridgehead atoms. The number of aromatic carboxylic acids is 1. The zero-order chi connectivity index (χ0) is 18.8. The molecule has 5 N–H and O–H groups in total. The lowest BCUT2D eigenvalue weighted by molar-refractivity contribution is -0.120. The Hall–Kier alpha value is -2.84. The maximum Gasteiger partial charge on any atom is 0.526 e. The molecular formula is C18H18BNO6. The van der Waals surface area contributed by atoms with Gasteiger partial charge in [-0.25, -0.2) is 4.79 Å². The van der Waals surface area contributed by atoms with E-state index in [-0.39, 0.29) is 29.3 Å². The molecule has 2 aromatic rings. The fourth-order valence-electron chi connectivity index (χ4n) is 3.08. The lowest BCUT2D eigenvalue weighted by atomic mass is 9.64. The van der Waals surface area contributed by atoms with Gasteiger partial charge in [0.2, 0.25) is 0 Å². The van der Waals surface area contributed by atoms with Gasteiger partial charge in [0.1, 0.15) is 11.5 Å². The molecule has 1 aliphatic rings. The largest absolute Gasteiger partial charge is 0.535 e. The van der Waals surface area contributed by atoms with Crippen LogP contribution in [-0.4, -0.2) is 34.1 Å². The van der Waals surface area contributed by atoms with Gasteiger partial charge >= 0.3 is 13.1 Å². The van der Waals surface area contributed by atoms with Crippen molar-refractivity contribution in [2.75, 3.05) is 0 Å². The van der Waals surface area contributed by atoms with Crippen molar-refractivity contribution in [1.29, 1.82) is 0 Å². The van der Waals surface area contributed by atoms with E-state index in [1.807, 2.05) is 0 Å². The number of carboxylic acids is 1. The summed E-state index contributed by atoms with van der Waals surface area (Å²) in [7, 11) is -1.29. The van der Waals surface area contributed by atoms with Gasteiger partial charge in [-0.2, -0.15) is 0 Å². The van der Waals surface area contributed by atoms with E-state index in [0.717, 1.165) is 0 Å². The number of carbonyl (C=O) groups is 2. The minimum absolute atomic E-state index is 0.0139. The van der Waals surface area contributed by atoms with Crippen LogP contribution < -0.4 is 10.4 Å². The van der Waals surface area contributed by atoms with Crippen LogP contribution in [0.5, 0.6) is 11.5 Å². The van der Waals surface area contributed by atoms with Crippen LogP contribution in [0.4, 0.5) is 0 Å². The first kappa shape index (κ1) is 18.0. The molecule has 26 heavy (non-hydrogen) atoms. The maximum absolute atomic E-state index is 12.5. The van der Waals surface area contributed by atoms with Crippen LogP contribution in [0.1, 0.15) is 33.9 Å². The van der Waals surface area contributed by atoms with Gasteiger partial charge in [0.25, 0.3) is 0 Å². The van der Waals surface area contributed by atoms with E-state index >= 15 is 0 Å². The second-order valence-corrected chi connectivity index (χ2v) is 6.31. The summed E-state index contributed by atoms with van der Waals surface area (Å²) >= 11 is 0. The minimum atomic E-state index is -1.29. The number of benzene rings is 2. The number of Topliss-reactive ketones (excluding diaryl/α,β-unsaturated/α-hetero) is 1. The number of carboxylic acid groups (broad SMARTS) is 1. The Balaban J connectivity index is 1.74. The number of aromatic hydroxyl groups is 1. The number of rotatable bonds is 5.